The molecule has 0 aromatic heterocycles. The van der Waals surface area contributed by atoms with Crippen molar-refractivity contribution in [2.45, 2.75) is 56.5 Å². The fourth-order valence-electron chi connectivity index (χ4n) is 2.83. The lowest BCUT2D eigenvalue weighted by Gasteiger charge is -2.10. The molecular weight excluding hydrogens is 395 g/mol. The van der Waals surface area contributed by atoms with Crippen molar-refractivity contribution >= 4 is 18.0 Å². The molecule has 0 radical (unpaired) electrons. The van der Waals surface area contributed by atoms with E-state index in [0.717, 1.165) is 24.1 Å². The molecule has 0 bridgehead atoms. The second-order valence-corrected chi connectivity index (χ2v) is 8.10. The van der Waals surface area contributed by atoms with E-state index in [1.807, 2.05) is 30.5 Å². The van der Waals surface area contributed by atoms with Crippen LogP contribution in [0.2, 0.25) is 0 Å². The minimum absolute atomic E-state index is 0.115. The average molecular weight is 424 g/mol. The van der Waals surface area contributed by atoms with Crippen LogP contribution in [0.1, 0.15) is 50.7 Å². The molecule has 0 aliphatic carbocycles. The van der Waals surface area contributed by atoms with Gasteiger partial charge in [0.1, 0.15) is 12.4 Å². The van der Waals surface area contributed by atoms with E-state index in [4.69, 9.17) is 4.74 Å². The molecule has 0 amide bonds. The summed E-state index contributed by atoms with van der Waals surface area (Å²) in [5.41, 5.74) is -2.42. The third-order valence-corrected chi connectivity index (χ3v) is 5.33. The number of ether oxygens (including phenoxy) is 1. The third-order valence-electron chi connectivity index (χ3n) is 4.59. The second-order valence-electron chi connectivity index (χ2n) is 6.96. The van der Waals surface area contributed by atoms with Gasteiger partial charge in [-0.05, 0) is 71.6 Å². The molecule has 29 heavy (non-hydrogen) atoms. The van der Waals surface area contributed by atoms with Crippen LogP contribution < -0.4 is 4.74 Å². The number of aliphatic imine (C=N–C) groups is 1. The molecular formula is C23H28F3NOS. The number of thioether (sulfide) groups is 1. The van der Waals surface area contributed by atoms with Crippen LogP contribution in [0.4, 0.5) is 13.2 Å². The number of hydrogen-bond donors (Lipinski definition) is 0. The number of alkyl halides is 3. The van der Waals surface area contributed by atoms with Crippen LogP contribution in [0.15, 0.2) is 58.4 Å². The van der Waals surface area contributed by atoms with Gasteiger partial charge in [0.2, 0.25) is 0 Å². The third kappa shape index (κ3) is 9.39. The minimum Gasteiger partial charge on any atom is -0.489 e. The van der Waals surface area contributed by atoms with E-state index in [1.54, 1.807) is 12.1 Å². The van der Waals surface area contributed by atoms with Gasteiger partial charge in [0, 0.05) is 17.7 Å². The van der Waals surface area contributed by atoms with E-state index >= 15 is 0 Å². The monoisotopic (exact) mass is 423 g/mol. The van der Waals surface area contributed by atoms with Gasteiger partial charge in [0.05, 0.1) is 0 Å². The molecule has 6 heteroatoms. The Kier molecular flexibility index (Phi) is 9.58. The Morgan fingerprint density at radius 2 is 1.72 bits per heavy atom. The molecule has 2 nitrogen and oxygen atoms in total. The van der Waals surface area contributed by atoms with E-state index in [1.165, 1.54) is 31.4 Å². The smallest absolute Gasteiger partial charge is 0.446 e. The number of hydrogen-bond acceptors (Lipinski definition) is 3. The lowest BCUT2D eigenvalue weighted by Crippen LogP contribution is -2.03. The van der Waals surface area contributed by atoms with Crippen LogP contribution in [0.25, 0.3) is 0 Å². The zero-order valence-corrected chi connectivity index (χ0v) is 17.7. The van der Waals surface area contributed by atoms with Crippen molar-refractivity contribution in [2.75, 3.05) is 6.54 Å². The Morgan fingerprint density at radius 1 is 1.03 bits per heavy atom. The summed E-state index contributed by atoms with van der Waals surface area (Å²) in [4.78, 5) is 4.75. The van der Waals surface area contributed by atoms with Crippen molar-refractivity contribution in [3.63, 3.8) is 0 Å². The molecule has 2 aromatic rings. The van der Waals surface area contributed by atoms with Crippen LogP contribution in [-0.2, 0) is 6.61 Å². The summed E-state index contributed by atoms with van der Waals surface area (Å²) in [6.45, 7) is 5.59. The van der Waals surface area contributed by atoms with Crippen LogP contribution in [-0.4, -0.2) is 18.3 Å². The number of benzene rings is 2. The summed E-state index contributed by atoms with van der Waals surface area (Å²) >= 11 is -0.115. The molecule has 1 unspecified atom stereocenters. The molecule has 2 aromatic carbocycles. The predicted molar refractivity (Wildman–Crippen MR) is 115 cm³/mol. The highest BCUT2D eigenvalue weighted by Crippen LogP contribution is 2.36. The predicted octanol–water partition coefficient (Wildman–Crippen LogP) is 7.51. The van der Waals surface area contributed by atoms with Gasteiger partial charge >= 0.3 is 5.51 Å². The fourth-order valence-corrected chi connectivity index (χ4v) is 3.37. The van der Waals surface area contributed by atoms with E-state index in [-0.39, 0.29) is 16.7 Å². The summed E-state index contributed by atoms with van der Waals surface area (Å²) in [6, 6.07) is 13.9. The van der Waals surface area contributed by atoms with Gasteiger partial charge in [0.15, 0.2) is 0 Å². The van der Waals surface area contributed by atoms with Gasteiger partial charge < -0.3 is 4.74 Å². The van der Waals surface area contributed by atoms with E-state index in [0.29, 0.717) is 18.3 Å². The maximum atomic E-state index is 12.4. The molecule has 0 fully saturated rings. The topological polar surface area (TPSA) is 21.6 Å². The highest BCUT2D eigenvalue weighted by Gasteiger charge is 2.28. The lowest BCUT2D eigenvalue weighted by molar-refractivity contribution is -0.0328. The van der Waals surface area contributed by atoms with Crippen molar-refractivity contribution in [3.8, 4) is 5.75 Å². The SMILES string of the molecule is CCCCC(CC)C/N=C/c1ccc(OCc2ccc(SC(F)(F)F)cc2)cc1. The Labute approximate surface area is 175 Å². The van der Waals surface area contributed by atoms with E-state index < -0.39 is 5.51 Å². The van der Waals surface area contributed by atoms with Crippen LogP contribution >= 0.6 is 11.8 Å². The molecule has 0 heterocycles. The Balaban J connectivity index is 1.80. The zero-order valence-electron chi connectivity index (χ0n) is 16.9. The Hall–Kier alpha value is -1.95. The lowest BCUT2D eigenvalue weighted by atomic mass is 10.00. The van der Waals surface area contributed by atoms with Gasteiger partial charge in [-0.3, -0.25) is 4.99 Å². The minimum atomic E-state index is -4.27. The van der Waals surface area contributed by atoms with Gasteiger partial charge in [-0.15, -0.1) is 0 Å². The van der Waals surface area contributed by atoms with E-state index in [9.17, 15) is 13.2 Å². The highest BCUT2D eigenvalue weighted by molar-refractivity contribution is 8.00. The first-order chi connectivity index (χ1) is 13.9. The summed E-state index contributed by atoms with van der Waals surface area (Å²) in [5, 5.41) is 0. The van der Waals surface area contributed by atoms with Crippen molar-refractivity contribution in [3.05, 3.63) is 59.7 Å². The molecule has 1 atom stereocenters. The molecule has 0 saturated heterocycles. The standard InChI is InChI=1S/C23H28F3NOS/c1-3-5-6-18(4-2)15-27-16-19-7-11-21(12-8-19)28-17-20-9-13-22(14-10-20)29-23(24,25)26/h7-14,16,18H,3-6,15,17H2,1-2H3/b27-16+. The van der Waals surface area contributed by atoms with Crippen molar-refractivity contribution < 1.29 is 17.9 Å². The molecule has 0 aliphatic rings. The average Bonchev–Trinajstić information content (AvgIpc) is 2.70. The number of halogens is 3. The van der Waals surface area contributed by atoms with Crippen LogP contribution in [0.3, 0.4) is 0 Å². The van der Waals surface area contributed by atoms with Crippen LogP contribution in [0, 0.1) is 5.92 Å². The molecule has 0 saturated carbocycles. The summed E-state index contributed by atoms with van der Waals surface area (Å²) in [7, 11) is 0. The molecule has 0 aliphatic heterocycles. The maximum Gasteiger partial charge on any atom is 0.446 e. The van der Waals surface area contributed by atoms with Gasteiger partial charge in [-0.25, -0.2) is 0 Å². The first kappa shape index (κ1) is 23.3. The first-order valence-corrected chi connectivity index (χ1v) is 10.8. The first-order valence-electron chi connectivity index (χ1n) is 9.97. The quantitative estimate of drug-likeness (QED) is 0.275. The fraction of sp³-hybridized carbons (Fsp3) is 0.435. The van der Waals surface area contributed by atoms with E-state index in [2.05, 4.69) is 18.8 Å². The summed E-state index contributed by atoms with van der Waals surface area (Å²) in [5.74, 6) is 1.36. The van der Waals surface area contributed by atoms with Gasteiger partial charge in [0.25, 0.3) is 0 Å². The van der Waals surface area contributed by atoms with Gasteiger partial charge in [-0.2, -0.15) is 13.2 Å². The van der Waals surface area contributed by atoms with Crippen molar-refractivity contribution in [1.82, 2.24) is 0 Å². The highest BCUT2D eigenvalue weighted by atomic mass is 32.2. The maximum absolute atomic E-state index is 12.4. The Bertz CT molecular complexity index is 742. The molecule has 2 rings (SSSR count). The molecule has 0 spiro atoms. The van der Waals surface area contributed by atoms with Crippen LogP contribution in [0.5, 0.6) is 5.75 Å². The normalized spacial score (nSPS) is 13.0. The largest absolute Gasteiger partial charge is 0.489 e. The number of unbranched alkanes of at least 4 members (excludes halogenated alkanes) is 1. The molecule has 158 valence electrons. The number of nitrogens with zero attached hydrogens (tertiary/aromatic N) is 1. The second kappa shape index (κ2) is 11.9. The molecule has 0 N–H and O–H groups in total. The van der Waals surface area contributed by atoms with Crippen molar-refractivity contribution in [2.24, 2.45) is 10.9 Å². The zero-order chi connectivity index (χ0) is 21.1. The number of rotatable bonds is 11. The summed E-state index contributed by atoms with van der Waals surface area (Å²) < 4.78 is 42.8. The summed E-state index contributed by atoms with van der Waals surface area (Å²) in [6.07, 6.45) is 6.75. The van der Waals surface area contributed by atoms with Crippen molar-refractivity contribution in [1.29, 1.82) is 0 Å². The Morgan fingerprint density at radius 3 is 2.31 bits per heavy atom. The van der Waals surface area contributed by atoms with Gasteiger partial charge in [-0.1, -0.05) is 45.2 Å².